The lowest BCUT2D eigenvalue weighted by Gasteiger charge is -1.74. The number of rotatable bonds is 2. The third-order valence-electron chi connectivity index (χ3n) is 0.316. The molecule has 0 aromatic rings. The average molecular weight is 70.1 g/mol. The Labute approximate surface area is 32.7 Å². The highest BCUT2D eigenvalue weighted by atomic mass is 14.7. The van der Waals surface area contributed by atoms with Crippen LogP contribution in [-0.2, 0) is 0 Å². The van der Waals surface area contributed by atoms with Crippen LogP contribution in [0.2, 0.25) is 0 Å². The molecule has 0 heterocycles. The summed E-state index contributed by atoms with van der Waals surface area (Å²) in [7, 11) is 0. The summed E-state index contributed by atoms with van der Waals surface area (Å²) >= 11 is 0. The van der Waals surface area contributed by atoms with Crippen LogP contribution in [0.1, 0.15) is 6.42 Å². The van der Waals surface area contributed by atoms with Gasteiger partial charge in [0.15, 0.2) is 0 Å². The van der Waals surface area contributed by atoms with Crippen LogP contribution in [0, 0.1) is 6.92 Å². The molecule has 29 valence electrons. The van der Waals surface area contributed by atoms with E-state index in [4.69, 9.17) is 0 Å². The van der Waals surface area contributed by atoms with E-state index >= 15 is 0 Å². The molecule has 0 atom stereocenters. The van der Waals surface area contributed by atoms with E-state index in [0.29, 0.717) is 0 Å². The minimum atomic E-state index is 0.792. The Morgan fingerprint density at radius 2 is 2.20 bits per heavy atom. The second-order valence-corrected chi connectivity index (χ2v) is 0.801. The zero-order valence-corrected chi connectivity index (χ0v) is 3.28. The lowest BCUT2D eigenvalue weighted by atomic mass is 10.5. The molecular weight excluding hydrogens is 62.1 g/mol. The van der Waals surface area contributed by atoms with Crippen molar-refractivity contribution >= 4 is 6.72 Å². The SMILES string of the molecule is [CH2]CCN=C. The van der Waals surface area contributed by atoms with Crippen molar-refractivity contribution in [1.82, 2.24) is 0 Å². The Morgan fingerprint density at radius 3 is 2.20 bits per heavy atom. The topological polar surface area (TPSA) is 12.4 Å². The number of hydrogen-bond donors (Lipinski definition) is 0. The predicted octanol–water partition coefficient (Wildman–Crippen LogP) is 0.911. The van der Waals surface area contributed by atoms with Gasteiger partial charge in [0.2, 0.25) is 0 Å². The number of aliphatic imine (C=N–C) groups is 1. The molecule has 5 heavy (non-hydrogen) atoms. The summed E-state index contributed by atoms with van der Waals surface area (Å²) in [6.45, 7) is 7.59. The molecule has 0 saturated carbocycles. The normalized spacial score (nSPS) is 7.40. The molecule has 0 amide bonds. The van der Waals surface area contributed by atoms with Gasteiger partial charge in [0.25, 0.3) is 0 Å². The van der Waals surface area contributed by atoms with Gasteiger partial charge in [-0.1, -0.05) is 6.92 Å². The van der Waals surface area contributed by atoms with Crippen molar-refractivity contribution in [2.24, 2.45) is 4.99 Å². The van der Waals surface area contributed by atoms with Crippen LogP contribution in [-0.4, -0.2) is 13.3 Å². The molecule has 1 nitrogen and oxygen atoms in total. The summed E-state index contributed by atoms with van der Waals surface area (Å²) in [6.07, 6.45) is 0.865. The van der Waals surface area contributed by atoms with Gasteiger partial charge in [-0.25, -0.2) is 0 Å². The molecule has 0 spiro atoms. The summed E-state index contributed by atoms with van der Waals surface area (Å²) in [5, 5.41) is 0. The fraction of sp³-hybridized carbons (Fsp3) is 0.500. The predicted molar refractivity (Wildman–Crippen MR) is 24.4 cm³/mol. The third kappa shape index (κ3) is 3.67. The minimum Gasteiger partial charge on any atom is -0.301 e. The van der Waals surface area contributed by atoms with Gasteiger partial charge in [0.05, 0.1) is 0 Å². The van der Waals surface area contributed by atoms with E-state index in [-0.39, 0.29) is 0 Å². The van der Waals surface area contributed by atoms with Gasteiger partial charge >= 0.3 is 0 Å². The Hall–Kier alpha value is -0.330. The minimum absolute atomic E-state index is 0.792. The zero-order valence-electron chi connectivity index (χ0n) is 3.28. The third-order valence-corrected chi connectivity index (χ3v) is 0.316. The Balaban J connectivity index is 2.40. The number of hydrogen-bond acceptors (Lipinski definition) is 1. The maximum atomic E-state index is 3.54. The zero-order chi connectivity index (χ0) is 4.12. The van der Waals surface area contributed by atoms with Crippen LogP contribution < -0.4 is 0 Å². The highest BCUT2D eigenvalue weighted by molar-refractivity contribution is 5.22. The van der Waals surface area contributed by atoms with Gasteiger partial charge in [0, 0.05) is 6.54 Å². The molecule has 1 radical (unpaired) electrons. The molecule has 0 aliphatic heterocycles. The first-order valence-corrected chi connectivity index (χ1v) is 1.63. The summed E-state index contributed by atoms with van der Waals surface area (Å²) in [6, 6.07) is 0. The molecule has 0 bridgehead atoms. The van der Waals surface area contributed by atoms with Crippen molar-refractivity contribution in [2.75, 3.05) is 6.54 Å². The fourth-order valence-electron chi connectivity index (χ4n) is 0.112. The molecular formula is C4H8N. The van der Waals surface area contributed by atoms with Crippen molar-refractivity contribution in [1.29, 1.82) is 0 Å². The first kappa shape index (κ1) is 4.67. The Morgan fingerprint density at radius 1 is 1.60 bits per heavy atom. The van der Waals surface area contributed by atoms with Crippen molar-refractivity contribution in [3.8, 4) is 0 Å². The number of nitrogens with zero attached hydrogens (tertiary/aromatic N) is 1. The molecule has 0 rings (SSSR count). The van der Waals surface area contributed by atoms with Crippen LogP contribution in [0.15, 0.2) is 4.99 Å². The highest BCUT2D eigenvalue weighted by Crippen LogP contribution is 1.69. The van der Waals surface area contributed by atoms with Crippen LogP contribution in [0.25, 0.3) is 0 Å². The smallest absolute Gasteiger partial charge is 0.0382 e. The lowest BCUT2D eigenvalue weighted by Crippen LogP contribution is -1.67. The standard InChI is InChI=1S/C4H8N/c1-3-4-5-2/h1-4H2. The largest absolute Gasteiger partial charge is 0.301 e. The molecule has 0 N–H and O–H groups in total. The summed E-state index contributed by atoms with van der Waals surface area (Å²) in [5.74, 6) is 0. The maximum absolute atomic E-state index is 3.54. The van der Waals surface area contributed by atoms with E-state index in [9.17, 15) is 0 Å². The Kier molecular flexibility index (Phi) is 3.43. The van der Waals surface area contributed by atoms with E-state index < -0.39 is 0 Å². The van der Waals surface area contributed by atoms with Crippen LogP contribution >= 0.6 is 0 Å². The highest BCUT2D eigenvalue weighted by Gasteiger charge is 1.62. The summed E-state index contributed by atoms with van der Waals surface area (Å²) < 4.78 is 0. The Bertz CT molecular complexity index is 24.8. The quantitative estimate of drug-likeness (QED) is 0.428. The summed E-state index contributed by atoms with van der Waals surface area (Å²) in [4.78, 5) is 3.54. The van der Waals surface area contributed by atoms with Gasteiger partial charge < -0.3 is 4.99 Å². The molecule has 0 aliphatic rings. The molecule has 0 aliphatic carbocycles. The molecule has 0 saturated heterocycles. The van der Waals surface area contributed by atoms with Crippen LogP contribution in [0.5, 0.6) is 0 Å². The van der Waals surface area contributed by atoms with Gasteiger partial charge in [-0.2, -0.15) is 0 Å². The van der Waals surface area contributed by atoms with E-state index in [1.807, 2.05) is 0 Å². The molecule has 0 aromatic heterocycles. The molecule has 0 unspecified atom stereocenters. The van der Waals surface area contributed by atoms with Crippen molar-refractivity contribution in [2.45, 2.75) is 6.42 Å². The molecule has 0 aromatic carbocycles. The van der Waals surface area contributed by atoms with Crippen LogP contribution in [0.4, 0.5) is 0 Å². The van der Waals surface area contributed by atoms with E-state index in [1.165, 1.54) is 0 Å². The maximum Gasteiger partial charge on any atom is 0.0382 e. The van der Waals surface area contributed by atoms with E-state index in [1.54, 1.807) is 0 Å². The van der Waals surface area contributed by atoms with Gasteiger partial charge in [-0.15, -0.1) is 0 Å². The molecule has 1 heteroatoms. The second kappa shape index (κ2) is 3.67. The van der Waals surface area contributed by atoms with Crippen molar-refractivity contribution in [3.05, 3.63) is 6.92 Å². The molecule has 0 fully saturated rings. The van der Waals surface area contributed by atoms with Crippen molar-refractivity contribution < 1.29 is 0 Å². The van der Waals surface area contributed by atoms with Gasteiger partial charge in [0.1, 0.15) is 0 Å². The second-order valence-electron chi connectivity index (χ2n) is 0.801. The van der Waals surface area contributed by atoms with E-state index in [0.717, 1.165) is 13.0 Å². The monoisotopic (exact) mass is 70.1 g/mol. The summed E-state index contributed by atoms with van der Waals surface area (Å²) in [5.41, 5.74) is 0. The van der Waals surface area contributed by atoms with Crippen molar-refractivity contribution in [3.63, 3.8) is 0 Å². The van der Waals surface area contributed by atoms with Crippen LogP contribution in [0.3, 0.4) is 0 Å². The van der Waals surface area contributed by atoms with Gasteiger partial charge in [-0.3, -0.25) is 0 Å². The average Bonchev–Trinajstić information content (AvgIpc) is 1.41. The first-order valence-electron chi connectivity index (χ1n) is 1.63. The fourth-order valence-corrected chi connectivity index (χ4v) is 0.112. The first-order chi connectivity index (χ1) is 2.41. The lowest BCUT2D eigenvalue weighted by molar-refractivity contribution is 1.02. The van der Waals surface area contributed by atoms with Gasteiger partial charge in [-0.05, 0) is 13.1 Å². The van der Waals surface area contributed by atoms with E-state index in [2.05, 4.69) is 18.6 Å².